The summed E-state index contributed by atoms with van der Waals surface area (Å²) in [7, 11) is 1.59. The number of aliphatic hydroxyl groups is 4. The van der Waals surface area contributed by atoms with Gasteiger partial charge in [-0.25, -0.2) is 0 Å². The van der Waals surface area contributed by atoms with Gasteiger partial charge in [-0.1, -0.05) is 42.1 Å². The summed E-state index contributed by atoms with van der Waals surface area (Å²) in [5.74, 6) is 2.09. The molecule has 0 bridgehead atoms. The van der Waals surface area contributed by atoms with E-state index >= 15 is 0 Å². The quantitative estimate of drug-likeness (QED) is 0.0513. The number of hydrogen-bond donors (Lipinski definition) is 6. The largest absolute Gasteiger partial charge is 0.493 e. The molecular weight excluding hydrogens is 714 g/mol. The van der Waals surface area contributed by atoms with Crippen LogP contribution in [0.15, 0.2) is 77.3 Å². The van der Waals surface area contributed by atoms with Crippen molar-refractivity contribution in [1.29, 1.82) is 0 Å². The van der Waals surface area contributed by atoms with Crippen molar-refractivity contribution in [2.45, 2.75) is 64.7 Å². The fourth-order valence-electron chi connectivity index (χ4n) is 6.46. The van der Waals surface area contributed by atoms with Crippen LogP contribution in [0.25, 0.3) is 22.6 Å². The first-order valence-corrected chi connectivity index (χ1v) is 18.2. The fraction of sp³-hybridized carbons (Fsp3) is 0.317. The molecule has 12 nitrogen and oxygen atoms in total. The highest BCUT2D eigenvalue weighted by atomic mass is 35.5. The molecular formula is C41H44ClN3O9. The van der Waals surface area contributed by atoms with Gasteiger partial charge in [0.05, 0.1) is 52.3 Å². The predicted molar refractivity (Wildman–Crippen MR) is 203 cm³/mol. The molecule has 1 amide bonds. The van der Waals surface area contributed by atoms with Gasteiger partial charge in [0.25, 0.3) is 5.91 Å². The molecule has 1 atom stereocenters. The van der Waals surface area contributed by atoms with E-state index in [0.717, 1.165) is 43.2 Å². The summed E-state index contributed by atoms with van der Waals surface area (Å²) in [6, 6.07) is 21.4. The maximum absolute atomic E-state index is 12.6. The Morgan fingerprint density at radius 3 is 2.07 bits per heavy atom. The minimum absolute atomic E-state index is 0.192. The van der Waals surface area contributed by atoms with Gasteiger partial charge < -0.3 is 49.8 Å². The van der Waals surface area contributed by atoms with Crippen molar-refractivity contribution in [2.75, 3.05) is 25.6 Å². The third kappa shape index (κ3) is 8.98. The molecule has 0 aliphatic carbocycles. The molecule has 0 saturated heterocycles. The van der Waals surface area contributed by atoms with E-state index in [0.29, 0.717) is 86.0 Å². The summed E-state index contributed by atoms with van der Waals surface area (Å²) in [6.07, 6.45) is 4.21. The molecule has 6 N–H and O–H groups in total. The van der Waals surface area contributed by atoms with Crippen LogP contribution in [0.2, 0.25) is 5.02 Å². The number of ether oxygens (including phenoxy) is 3. The lowest BCUT2D eigenvalue weighted by Gasteiger charge is -2.28. The van der Waals surface area contributed by atoms with Gasteiger partial charge in [-0.3, -0.25) is 4.79 Å². The van der Waals surface area contributed by atoms with E-state index in [1.165, 1.54) is 0 Å². The van der Waals surface area contributed by atoms with E-state index in [4.69, 9.17) is 30.3 Å². The molecule has 1 aromatic heterocycles. The number of carbonyl (C=O) groups is 1. The monoisotopic (exact) mass is 757 g/mol. The van der Waals surface area contributed by atoms with Gasteiger partial charge in [0, 0.05) is 33.5 Å². The lowest BCUT2D eigenvalue weighted by atomic mass is 9.97. The van der Waals surface area contributed by atoms with Crippen LogP contribution < -0.4 is 24.8 Å². The molecule has 1 aliphatic rings. The van der Waals surface area contributed by atoms with Gasteiger partial charge in [-0.2, -0.15) is 0 Å². The second-order valence-corrected chi connectivity index (χ2v) is 13.4. The standard InChI is InChI=1S/C41H44ClN3O9/c1-51-37-12-7-25(38-20-35(45-54-38)27-16-28(21-46)33(24-49)29(17-27)22-47)18-39(37)53-14-6-4-2-3-5-13-52-36-11-8-26(15-30(36)23-48)40-43-34-10-9-31(42)19-32(34)41(50)44-40/h7-12,15-20,40,43,46-49H,2-6,13-14,21-24H2,1H3,(H,44,50). The second-order valence-electron chi connectivity index (χ2n) is 12.9. The molecule has 2 heterocycles. The molecule has 1 unspecified atom stereocenters. The topological polar surface area (TPSA) is 176 Å². The number of halogens is 1. The summed E-state index contributed by atoms with van der Waals surface area (Å²) in [5.41, 5.74) is 6.08. The molecule has 284 valence electrons. The summed E-state index contributed by atoms with van der Waals surface area (Å²) in [6.45, 7) is -0.0308. The molecule has 0 radical (unpaired) electrons. The summed E-state index contributed by atoms with van der Waals surface area (Å²) >= 11 is 6.05. The zero-order chi connectivity index (χ0) is 38.0. The normalized spacial score (nSPS) is 13.6. The number of aromatic nitrogens is 1. The number of unbranched alkanes of at least 4 members (excludes halogenated alkanes) is 4. The summed E-state index contributed by atoms with van der Waals surface area (Å²) < 4.78 is 23.3. The van der Waals surface area contributed by atoms with E-state index in [9.17, 15) is 25.2 Å². The molecule has 13 heteroatoms. The van der Waals surface area contributed by atoms with Crippen LogP contribution >= 0.6 is 11.6 Å². The Bertz CT molecular complexity index is 2040. The molecule has 0 saturated carbocycles. The minimum Gasteiger partial charge on any atom is -0.493 e. The maximum Gasteiger partial charge on any atom is 0.255 e. The Hall–Kier alpha value is -5.11. The van der Waals surface area contributed by atoms with Crippen molar-refractivity contribution in [3.63, 3.8) is 0 Å². The van der Waals surface area contributed by atoms with Crippen LogP contribution in [-0.4, -0.2) is 51.8 Å². The number of methoxy groups -OCH3 is 1. The Balaban J connectivity index is 0.948. The molecule has 4 aromatic carbocycles. The van der Waals surface area contributed by atoms with Crippen molar-refractivity contribution < 1.29 is 44.0 Å². The van der Waals surface area contributed by atoms with Crippen molar-refractivity contribution in [1.82, 2.24) is 10.5 Å². The van der Waals surface area contributed by atoms with Crippen LogP contribution in [-0.2, 0) is 26.4 Å². The first kappa shape index (κ1) is 38.6. The van der Waals surface area contributed by atoms with Gasteiger partial charge in [0.15, 0.2) is 17.3 Å². The molecule has 1 aliphatic heterocycles. The first-order chi connectivity index (χ1) is 26.3. The summed E-state index contributed by atoms with van der Waals surface area (Å²) in [4.78, 5) is 12.6. The Morgan fingerprint density at radius 2 is 1.39 bits per heavy atom. The molecule has 54 heavy (non-hydrogen) atoms. The Morgan fingerprint density at radius 1 is 0.704 bits per heavy atom. The number of amides is 1. The average molecular weight is 758 g/mol. The van der Waals surface area contributed by atoms with Crippen LogP contribution in [0.1, 0.15) is 76.4 Å². The first-order valence-electron chi connectivity index (χ1n) is 17.8. The smallest absolute Gasteiger partial charge is 0.255 e. The highest BCUT2D eigenvalue weighted by Crippen LogP contribution is 2.36. The van der Waals surface area contributed by atoms with Gasteiger partial charge in [-0.05, 0) is 95.8 Å². The van der Waals surface area contributed by atoms with Crippen LogP contribution in [0.4, 0.5) is 5.69 Å². The highest BCUT2D eigenvalue weighted by Gasteiger charge is 2.25. The molecule has 6 rings (SSSR count). The number of fused-ring (bicyclic) bond motifs is 1. The van der Waals surface area contributed by atoms with Crippen molar-refractivity contribution >= 4 is 23.2 Å². The number of hydrogen-bond acceptors (Lipinski definition) is 11. The number of nitrogens with zero attached hydrogens (tertiary/aromatic N) is 1. The zero-order valence-electron chi connectivity index (χ0n) is 29.9. The van der Waals surface area contributed by atoms with Crippen LogP contribution in [0, 0.1) is 0 Å². The van der Waals surface area contributed by atoms with Crippen molar-refractivity contribution in [3.05, 3.63) is 111 Å². The zero-order valence-corrected chi connectivity index (χ0v) is 30.7. The number of nitrogens with one attached hydrogen (secondary N) is 2. The van der Waals surface area contributed by atoms with E-state index < -0.39 is 6.17 Å². The number of aliphatic hydroxyl groups excluding tert-OH is 4. The van der Waals surface area contributed by atoms with Gasteiger partial charge >= 0.3 is 0 Å². The lowest BCUT2D eigenvalue weighted by Crippen LogP contribution is -2.38. The lowest BCUT2D eigenvalue weighted by molar-refractivity contribution is 0.0935. The Labute approximate surface area is 318 Å². The maximum atomic E-state index is 12.6. The fourth-order valence-corrected chi connectivity index (χ4v) is 6.63. The summed E-state index contributed by atoms with van der Waals surface area (Å²) in [5, 5.41) is 50.3. The number of rotatable bonds is 18. The van der Waals surface area contributed by atoms with Gasteiger partial charge in [0.2, 0.25) is 0 Å². The average Bonchev–Trinajstić information content (AvgIpc) is 3.70. The van der Waals surface area contributed by atoms with E-state index in [2.05, 4.69) is 15.8 Å². The highest BCUT2D eigenvalue weighted by molar-refractivity contribution is 6.31. The van der Waals surface area contributed by atoms with E-state index in [-0.39, 0.29) is 32.3 Å². The third-order valence-corrected chi connectivity index (χ3v) is 9.62. The number of anilines is 1. The van der Waals surface area contributed by atoms with Crippen LogP contribution in [0.5, 0.6) is 17.2 Å². The second kappa shape index (κ2) is 18.3. The molecule has 0 spiro atoms. The molecule has 0 fully saturated rings. The Kier molecular flexibility index (Phi) is 13.1. The number of carbonyl (C=O) groups excluding carboxylic acids is 1. The van der Waals surface area contributed by atoms with Crippen LogP contribution in [0.3, 0.4) is 0 Å². The van der Waals surface area contributed by atoms with Gasteiger partial charge in [0.1, 0.15) is 17.6 Å². The SMILES string of the molecule is COc1ccc(-c2cc(-c3cc(CO)c(CO)c(CO)c3)no2)cc1OCCCCCCCOc1ccc(C2NC(=O)c3cc(Cl)ccc3N2)cc1CO. The molecule has 5 aromatic rings. The van der Waals surface area contributed by atoms with E-state index in [1.807, 2.05) is 36.4 Å². The van der Waals surface area contributed by atoms with Crippen molar-refractivity contribution in [2.24, 2.45) is 0 Å². The predicted octanol–water partition coefficient (Wildman–Crippen LogP) is 6.90. The van der Waals surface area contributed by atoms with Crippen molar-refractivity contribution in [3.8, 4) is 39.8 Å². The third-order valence-electron chi connectivity index (χ3n) is 9.38. The van der Waals surface area contributed by atoms with E-state index in [1.54, 1.807) is 43.5 Å². The number of benzene rings is 4. The minimum atomic E-state index is -0.450. The van der Waals surface area contributed by atoms with Gasteiger partial charge in [-0.15, -0.1) is 0 Å².